The highest BCUT2D eigenvalue weighted by atomic mass is 79.9. The Labute approximate surface area is 163 Å². The Hall–Kier alpha value is -1.70. The number of carbonyl (C=O) groups excluding carboxylic acids is 2. The predicted molar refractivity (Wildman–Crippen MR) is 104 cm³/mol. The van der Waals surface area contributed by atoms with Crippen molar-refractivity contribution in [1.29, 1.82) is 0 Å². The minimum absolute atomic E-state index is 0.156. The first-order valence-electron chi connectivity index (χ1n) is 7.58. The van der Waals surface area contributed by atoms with Crippen LogP contribution in [0, 0.1) is 6.92 Å². The summed E-state index contributed by atoms with van der Waals surface area (Å²) in [5.74, 6) is -0.976. The number of nitrogens with one attached hydrogen (secondary N) is 1. The van der Waals surface area contributed by atoms with Gasteiger partial charge in [0.25, 0.3) is 0 Å². The van der Waals surface area contributed by atoms with E-state index in [1.54, 1.807) is 0 Å². The summed E-state index contributed by atoms with van der Waals surface area (Å²) in [4.78, 5) is 24.1. The minimum Gasteiger partial charge on any atom is -0.461 e. The van der Waals surface area contributed by atoms with E-state index in [1.165, 1.54) is 0 Å². The number of esters is 1. The maximum atomic E-state index is 12.2. The average molecular weight is 470 g/mol. The Balaban J connectivity index is 1.89. The lowest BCUT2D eigenvalue weighted by atomic mass is 10.2. The van der Waals surface area contributed by atoms with E-state index in [-0.39, 0.29) is 13.0 Å². The van der Waals surface area contributed by atoms with E-state index in [4.69, 9.17) is 10.5 Å². The molecule has 132 valence electrons. The SMILES string of the molecule is Cc1cc(Br)c(NC(=O)[C@@H](N)CC(=O)OCc2ccccc2)c(Br)c1. The highest BCUT2D eigenvalue weighted by molar-refractivity contribution is 9.11. The Bertz CT molecular complexity index is 743. The number of halogens is 2. The van der Waals surface area contributed by atoms with E-state index >= 15 is 0 Å². The summed E-state index contributed by atoms with van der Waals surface area (Å²) >= 11 is 6.80. The smallest absolute Gasteiger partial charge is 0.308 e. The number of anilines is 1. The van der Waals surface area contributed by atoms with Crippen LogP contribution in [0.3, 0.4) is 0 Å². The number of hydrogen-bond donors (Lipinski definition) is 2. The van der Waals surface area contributed by atoms with Crippen molar-refractivity contribution in [1.82, 2.24) is 0 Å². The van der Waals surface area contributed by atoms with Gasteiger partial charge in [-0.3, -0.25) is 9.59 Å². The standard InChI is InChI=1S/C18H18Br2N2O3/c1-11-7-13(19)17(14(20)8-11)22-18(24)15(21)9-16(23)25-10-12-5-3-2-4-6-12/h2-8,15H,9-10,21H2,1H3,(H,22,24)/t15-/m0/s1. The highest BCUT2D eigenvalue weighted by Crippen LogP contribution is 2.32. The highest BCUT2D eigenvalue weighted by Gasteiger charge is 2.20. The molecule has 0 aliphatic rings. The molecule has 0 aliphatic heterocycles. The molecule has 0 unspecified atom stereocenters. The molecule has 25 heavy (non-hydrogen) atoms. The van der Waals surface area contributed by atoms with Gasteiger partial charge in [-0.1, -0.05) is 30.3 Å². The van der Waals surface area contributed by atoms with Crippen LogP contribution in [0.4, 0.5) is 5.69 Å². The van der Waals surface area contributed by atoms with Crippen molar-refractivity contribution >= 4 is 49.4 Å². The van der Waals surface area contributed by atoms with Crippen LogP contribution in [0.15, 0.2) is 51.4 Å². The molecule has 0 saturated carbocycles. The molecule has 0 radical (unpaired) electrons. The summed E-state index contributed by atoms with van der Waals surface area (Å²) in [5.41, 5.74) is 8.30. The van der Waals surface area contributed by atoms with Gasteiger partial charge in [-0.2, -0.15) is 0 Å². The second kappa shape index (κ2) is 9.12. The van der Waals surface area contributed by atoms with Crippen LogP contribution in [-0.4, -0.2) is 17.9 Å². The number of rotatable bonds is 6. The van der Waals surface area contributed by atoms with Crippen LogP contribution in [0.5, 0.6) is 0 Å². The maximum Gasteiger partial charge on any atom is 0.308 e. The molecule has 2 rings (SSSR count). The van der Waals surface area contributed by atoms with Gasteiger partial charge in [-0.05, 0) is 62.0 Å². The zero-order valence-electron chi connectivity index (χ0n) is 13.6. The summed E-state index contributed by atoms with van der Waals surface area (Å²) in [5, 5.41) is 2.72. The topological polar surface area (TPSA) is 81.4 Å². The van der Waals surface area contributed by atoms with E-state index in [2.05, 4.69) is 37.2 Å². The zero-order valence-corrected chi connectivity index (χ0v) is 16.8. The molecule has 2 aromatic rings. The van der Waals surface area contributed by atoms with Crippen LogP contribution in [0.25, 0.3) is 0 Å². The lowest BCUT2D eigenvalue weighted by Gasteiger charge is -2.15. The quantitative estimate of drug-likeness (QED) is 0.628. The molecule has 2 aromatic carbocycles. The molecule has 3 N–H and O–H groups in total. The fourth-order valence-electron chi connectivity index (χ4n) is 2.10. The number of benzene rings is 2. The monoisotopic (exact) mass is 468 g/mol. The first-order valence-corrected chi connectivity index (χ1v) is 9.17. The number of carbonyl (C=O) groups is 2. The van der Waals surface area contributed by atoms with Gasteiger partial charge in [-0.25, -0.2) is 0 Å². The van der Waals surface area contributed by atoms with Crippen molar-refractivity contribution < 1.29 is 14.3 Å². The second-order valence-corrected chi connectivity index (χ2v) is 7.26. The van der Waals surface area contributed by atoms with Crippen molar-refractivity contribution in [2.45, 2.75) is 26.0 Å². The molecule has 0 saturated heterocycles. The van der Waals surface area contributed by atoms with Crippen LogP contribution in [0.1, 0.15) is 17.5 Å². The van der Waals surface area contributed by atoms with Gasteiger partial charge in [0.2, 0.25) is 5.91 Å². The first-order chi connectivity index (χ1) is 11.9. The molecular formula is C18H18Br2N2O3. The molecule has 5 nitrogen and oxygen atoms in total. The predicted octanol–water partition coefficient (Wildman–Crippen LogP) is 3.92. The van der Waals surface area contributed by atoms with E-state index in [9.17, 15) is 9.59 Å². The molecule has 0 heterocycles. The Kier molecular flexibility index (Phi) is 7.16. The van der Waals surface area contributed by atoms with E-state index in [0.29, 0.717) is 5.69 Å². The molecule has 0 bridgehead atoms. The van der Waals surface area contributed by atoms with E-state index in [1.807, 2.05) is 49.4 Å². The largest absolute Gasteiger partial charge is 0.461 e. The van der Waals surface area contributed by atoms with Gasteiger partial charge in [0.1, 0.15) is 6.61 Å². The molecule has 0 fully saturated rings. The number of nitrogens with two attached hydrogens (primary N) is 1. The van der Waals surface area contributed by atoms with Crippen molar-refractivity contribution in [2.75, 3.05) is 5.32 Å². The molecule has 1 amide bonds. The average Bonchev–Trinajstić information content (AvgIpc) is 2.57. The Morgan fingerprint density at radius 1 is 1.16 bits per heavy atom. The first kappa shape index (κ1) is 19.6. The number of amides is 1. The van der Waals surface area contributed by atoms with Gasteiger partial charge in [0, 0.05) is 8.95 Å². The van der Waals surface area contributed by atoms with Crippen molar-refractivity contribution in [2.24, 2.45) is 5.73 Å². The van der Waals surface area contributed by atoms with Crippen LogP contribution < -0.4 is 11.1 Å². The summed E-state index contributed by atoms with van der Waals surface area (Å²) in [6.45, 7) is 2.10. The summed E-state index contributed by atoms with van der Waals surface area (Å²) in [6.07, 6.45) is -0.195. The maximum absolute atomic E-state index is 12.2. The van der Waals surface area contributed by atoms with E-state index in [0.717, 1.165) is 20.1 Å². The Morgan fingerprint density at radius 3 is 2.36 bits per heavy atom. The Morgan fingerprint density at radius 2 is 1.76 bits per heavy atom. The van der Waals surface area contributed by atoms with Gasteiger partial charge in [0.05, 0.1) is 18.2 Å². The van der Waals surface area contributed by atoms with Gasteiger partial charge < -0.3 is 15.8 Å². The van der Waals surface area contributed by atoms with Crippen LogP contribution in [-0.2, 0) is 20.9 Å². The molecule has 0 spiro atoms. The third kappa shape index (κ3) is 5.95. The summed E-state index contributed by atoms with van der Waals surface area (Å²) < 4.78 is 6.60. The van der Waals surface area contributed by atoms with Crippen LogP contribution in [0.2, 0.25) is 0 Å². The van der Waals surface area contributed by atoms with Crippen molar-refractivity contribution in [3.63, 3.8) is 0 Å². The van der Waals surface area contributed by atoms with Gasteiger partial charge in [0.15, 0.2) is 0 Å². The number of ether oxygens (including phenoxy) is 1. The third-order valence-electron chi connectivity index (χ3n) is 3.40. The lowest BCUT2D eigenvalue weighted by molar-refractivity contribution is -0.146. The van der Waals surface area contributed by atoms with Gasteiger partial charge in [-0.15, -0.1) is 0 Å². The fraction of sp³-hybridized carbons (Fsp3) is 0.222. The lowest BCUT2D eigenvalue weighted by Crippen LogP contribution is -2.38. The number of aryl methyl sites for hydroxylation is 1. The second-order valence-electron chi connectivity index (χ2n) is 5.55. The minimum atomic E-state index is -0.997. The molecule has 0 aromatic heterocycles. The molecule has 0 aliphatic carbocycles. The van der Waals surface area contributed by atoms with Gasteiger partial charge >= 0.3 is 5.97 Å². The summed E-state index contributed by atoms with van der Waals surface area (Å²) in [7, 11) is 0. The van der Waals surface area contributed by atoms with Crippen molar-refractivity contribution in [3.05, 3.63) is 62.5 Å². The third-order valence-corrected chi connectivity index (χ3v) is 4.65. The van der Waals surface area contributed by atoms with Crippen LogP contribution >= 0.6 is 31.9 Å². The molecule has 7 heteroatoms. The zero-order chi connectivity index (χ0) is 18.4. The molecule has 1 atom stereocenters. The normalized spacial score (nSPS) is 11.7. The summed E-state index contributed by atoms with van der Waals surface area (Å²) in [6, 6.07) is 12.1. The fourth-order valence-corrected chi connectivity index (χ4v) is 3.72. The number of hydrogen-bond acceptors (Lipinski definition) is 4. The van der Waals surface area contributed by atoms with E-state index < -0.39 is 17.9 Å². The molecular weight excluding hydrogens is 452 g/mol. The van der Waals surface area contributed by atoms with Crippen molar-refractivity contribution in [3.8, 4) is 0 Å².